The summed E-state index contributed by atoms with van der Waals surface area (Å²) in [4.78, 5) is 1.66. The predicted molar refractivity (Wildman–Crippen MR) is 49.2 cm³/mol. The second-order valence-electron chi connectivity index (χ2n) is 3.68. The van der Waals surface area contributed by atoms with Crippen LogP contribution in [0.3, 0.4) is 0 Å². The number of nitrogens with zero attached hydrogens (tertiary/aromatic N) is 1. The quantitative estimate of drug-likeness (QED) is 0.619. The average Bonchev–Trinajstić information content (AvgIpc) is 2.52. The fraction of sp³-hybridized carbons (Fsp3) is 0.600. The van der Waals surface area contributed by atoms with Gasteiger partial charge in [0.15, 0.2) is 0 Å². The van der Waals surface area contributed by atoms with Crippen molar-refractivity contribution in [2.24, 2.45) is 0 Å². The van der Waals surface area contributed by atoms with E-state index in [0.717, 1.165) is 0 Å². The Balaban J connectivity index is 2.34. The van der Waals surface area contributed by atoms with E-state index < -0.39 is 0 Å². The second kappa shape index (κ2) is 2.94. The fourth-order valence-electron chi connectivity index (χ4n) is 2.23. The summed E-state index contributed by atoms with van der Waals surface area (Å²) < 4.78 is 2.39. The van der Waals surface area contributed by atoms with Gasteiger partial charge in [-0.2, -0.15) is 0 Å². The Hall–Kier alpha value is -0.760. The van der Waals surface area contributed by atoms with Crippen LogP contribution in [0.1, 0.15) is 25.1 Å². The zero-order chi connectivity index (χ0) is 8.55. The molecule has 66 valence electrons. The second-order valence-corrected chi connectivity index (χ2v) is 3.68. The van der Waals surface area contributed by atoms with Crippen LogP contribution in [0, 0.1) is 0 Å². The van der Waals surface area contributed by atoms with Crippen molar-refractivity contribution in [1.29, 1.82) is 0 Å². The maximum absolute atomic E-state index is 2.39. The number of fused-ring (bicyclic) bond motifs is 1. The van der Waals surface area contributed by atoms with Gasteiger partial charge in [-0.05, 0) is 12.1 Å². The Morgan fingerprint density at radius 1 is 1.67 bits per heavy atom. The Bertz CT molecular complexity index is 265. The minimum absolute atomic E-state index is 0.716. The van der Waals surface area contributed by atoms with Gasteiger partial charge in [0.25, 0.3) is 0 Å². The van der Waals surface area contributed by atoms with Crippen LogP contribution in [0.4, 0.5) is 0 Å². The summed E-state index contributed by atoms with van der Waals surface area (Å²) in [5.74, 6) is 0. The van der Waals surface area contributed by atoms with Crippen molar-refractivity contribution in [1.82, 2.24) is 4.57 Å². The monoisotopic (exact) mass is 165 g/mol. The van der Waals surface area contributed by atoms with Crippen molar-refractivity contribution in [2.75, 3.05) is 13.6 Å². The van der Waals surface area contributed by atoms with Crippen LogP contribution < -0.4 is 4.90 Å². The van der Waals surface area contributed by atoms with Crippen molar-refractivity contribution < 1.29 is 4.90 Å². The molecule has 2 nitrogen and oxygen atoms in total. The molecule has 2 rings (SSSR count). The van der Waals surface area contributed by atoms with Gasteiger partial charge in [-0.3, -0.25) is 0 Å². The number of aromatic nitrogens is 1. The summed E-state index contributed by atoms with van der Waals surface area (Å²) in [6.45, 7) is 4.72. The first-order chi connectivity index (χ1) is 5.83. The van der Waals surface area contributed by atoms with Gasteiger partial charge in [0.05, 0.1) is 25.8 Å². The van der Waals surface area contributed by atoms with Crippen molar-refractivity contribution in [2.45, 2.75) is 25.9 Å². The summed E-state index contributed by atoms with van der Waals surface area (Å²) >= 11 is 0. The van der Waals surface area contributed by atoms with E-state index in [1.807, 2.05) is 0 Å². The molecule has 1 aromatic rings. The molecule has 2 unspecified atom stereocenters. The summed E-state index contributed by atoms with van der Waals surface area (Å²) in [6, 6.07) is 5.14. The normalized spacial score (nSPS) is 28.5. The fourth-order valence-corrected chi connectivity index (χ4v) is 2.23. The number of hydrogen-bond acceptors (Lipinski definition) is 0. The van der Waals surface area contributed by atoms with Crippen LogP contribution in [0.25, 0.3) is 0 Å². The molecular weight excluding hydrogens is 148 g/mol. The zero-order valence-corrected chi connectivity index (χ0v) is 7.88. The number of nitrogens with one attached hydrogen (secondary N) is 1. The lowest BCUT2D eigenvalue weighted by Gasteiger charge is -2.30. The van der Waals surface area contributed by atoms with Crippen molar-refractivity contribution in [3.63, 3.8) is 0 Å². The molecule has 1 aromatic heterocycles. The molecule has 0 saturated heterocycles. The van der Waals surface area contributed by atoms with Gasteiger partial charge < -0.3 is 9.47 Å². The van der Waals surface area contributed by atoms with E-state index in [0.29, 0.717) is 6.04 Å². The molecule has 1 aliphatic rings. The Morgan fingerprint density at radius 3 is 3.25 bits per heavy atom. The SMILES string of the molecule is CCC1c2cccn2CC[NH+]1C. The molecule has 12 heavy (non-hydrogen) atoms. The van der Waals surface area contributed by atoms with Crippen LogP contribution in [0.5, 0.6) is 0 Å². The molecule has 2 heterocycles. The summed E-state index contributed by atoms with van der Waals surface area (Å²) in [5.41, 5.74) is 1.52. The maximum Gasteiger partial charge on any atom is 0.128 e. The molecule has 0 fully saturated rings. The molecule has 1 N–H and O–H groups in total. The van der Waals surface area contributed by atoms with Crippen molar-refractivity contribution >= 4 is 0 Å². The molecule has 2 atom stereocenters. The summed E-state index contributed by atoms with van der Waals surface area (Å²) in [5, 5.41) is 0. The minimum atomic E-state index is 0.716. The molecule has 0 saturated carbocycles. The highest BCUT2D eigenvalue weighted by atomic mass is 15.2. The third kappa shape index (κ3) is 1.07. The Kier molecular flexibility index (Phi) is 1.93. The van der Waals surface area contributed by atoms with Crippen LogP contribution in [0.15, 0.2) is 18.3 Å². The standard InChI is InChI=1S/C10H16N2/c1-3-9-10-5-4-6-12(10)8-7-11(9)2/h4-6,9H,3,7-8H2,1-2H3/p+1. The number of quaternary nitrogens is 1. The number of hydrogen-bond donors (Lipinski definition) is 1. The molecular formula is C10H17N2+. The van der Waals surface area contributed by atoms with Gasteiger partial charge in [0, 0.05) is 12.6 Å². The van der Waals surface area contributed by atoms with E-state index in [-0.39, 0.29) is 0 Å². The zero-order valence-electron chi connectivity index (χ0n) is 7.88. The van der Waals surface area contributed by atoms with E-state index in [1.165, 1.54) is 25.2 Å². The summed E-state index contributed by atoms with van der Waals surface area (Å²) in [6.07, 6.45) is 3.44. The highest BCUT2D eigenvalue weighted by Gasteiger charge is 2.25. The molecule has 1 aliphatic heterocycles. The van der Waals surface area contributed by atoms with E-state index in [1.54, 1.807) is 4.90 Å². The molecule has 0 aliphatic carbocycles. The number of likely N-dealkylation sites (N-methyl/N-ethyl adjacent to an activating group) is 1. The maximum atomic E-state index is 2.39. The Morgan fingerprint density at radius 2 is 2.50 bits per heavy atom. The molecule has 0 spiro atoms. The van der Waals surface area contributed by atoms with E-state index >= 15 is 0 Å². The van der Waals surface area contributed by atoms with Crippen molar-refractivity contribution in [3.8, 4) is 0 Å². The van der Waals surface area contributed by atoms with Gasteiger partial charge in [-0.25, -0.2) is 0 Å². The molecule has 2 heteroatoms. The first-order valence-electron chi connectivity index (χ1n) is 4.80. The largest absolute Gasteiger partial charge is 0.341 e. The predicted octanol–water partition coefficient (Wildman–Crippen LogP) is 0.467. The third-order valence-electron chi connectivity index (χ3n) is 2.97. The number of rotatable bonds is 1. The van der Waals surface area contributed by atoms with Crippen molar-refractivity contribution in [3.05, 3.63) is 24.0 Å². The van der Waals surface area contributed by atoms with Gasteiger partial charge in [0.2, 0.25) is 0 Å². The molecule has 0 bridgehead atoms. The smallest absolute Gasteiger partial charge is 0.128 e. The third-order valence-corrected chi connectivity index (χ3v) is 2.97. The lowest BCUT2D eigenvalue weighted by atomic mass is 10.1. The highest BCUT2D eigenvalue weighted by molar-refractivity contribution is 5.10. The topological polar surface area (TPSA) is 9.37 Å². The van der Waals surface area contributed by atoms with Crippen LogP contribution >= 0.6 is 0 Å². The molecule has 0 radical (unpaired) electrons. The van der Waals surface area contributed by atoms with Gasteiger partial charge in [0.1, 0.15) is 6.04 Å². The van der Waals surface area contributed by atoms with Crippen LogP contribution in [-0.4, -0.2) is 18.2 Å². The lowest BCUT2D eigenvalue weighted by molar-refractivity contribution is -0.917. The van der Waals surface area contributed by atoms with Crippen LogP contribution in [-0.2, 0) is 6.54 Å². The van der Waals surface area contributed by atoms with E-state index in [4.69, 9.17) is 0 Å². The minimum Gasteiger partial charge on any atom is -0.341 e. The first-order valence-corrected chi connectivity index (χ1v) is 4.80. The molecule has 0 amide bonds. The van der Waals surface area contributed by atoms with Gasteiger partial charge in [-0.15, -0.1) is 0 Å². The summed E-state index contributed by atoms with van der Waals surface area (Å²) in [7, 11) is 2.30. The average molecular weight is 165 g/mol. The molecule has 0 aromatic carbocycles. The Labute approximate surface area is 73.8 Å². The van der Waals surface area contributed by atoms with Gasteiger partial charge in [-0.1, -0.05) is 6.92 Å². The lowest BCUT2D eigenvalue weighted by Crippen LogP contribution is -3.10. The van der Waals surface area contributed by atoms with E-state index in [9.17, 15) is 0 Å². The van der Waals surface area contributed by atoms with E-state index in [2.05, 4.69) is 36.9 Å². The van der Waals surface area contributed by atoms with Crippen LogP contribution in [0.2, 0.25) is 0 Å². The first kappa shape index (κ1) is 7.87. The highest BCUT2D eigenvalue weighted by Crippen LogP contribution is 2.16. The van der Waals surface area contributed by atoms with Gasteiger partial charge >= 0.3 is 0 Å².